The van der Waals surface area contributed by atoms with E-state index in [0.29, 0.717) is 15.2 Å². The first kappa shape index (κ1) is 17.1. The van der Waals surface area contributed by atoms with Gasteiger partial charge in [0.1, 0.15) is 11.7 Å². The number of Topliss-reactive ketones (excluding diaryl/α,β-unsaturated/α-hetero) is 1. The van der Waals surface area contributed by atoms with Gasteiger partial charge < -0.3 is 10.7 Å². The van der Waals surface area contributed by atoms with Crippen molar-refractivity contribution < 1.29 is 9.18 Å². The molecule has 0 aliphatic carbocycles. The van der Waals surface area contributed by atoms with Gasteiger partial charge in [-0.15, -0.1) is 10.2 Å². The van der Waals surface area contributed by atoms with Crippen LogP contribution in [0.5, 0.6) is 0 Å². The first-order valence-electron chi connectivity index (χ1n) is 6.46. The summed E-state index contributed by atoms with van der Waals surface area (Å²) in [5.74, 6) is -1.66. The lowest BCUT2D eigenvalue weighted by Crippen LogP contribution is -2.21. The summed E-state index contributed by atoms with van der Waals surface area (Å²) in [6.07, 6.45) is 0. The van der Waals surface area contributed by atoms with E-state index < -0.39 is 5.92 Å². The summed E-state index contributed by atoms with van der Waals surface area (Å²) in [6.45, 7) is 1.43. The maximum Gasteiger partial charge on any atom is 0.210 e. The van der Waals surface area contributed by atoms with Crippen LogP contribution in [-0.4, -0.2) is 27.4 Å². The van der Waals surface area contributed by atoms with Gasteiger partial charge in [0.15, 0.2) is 10.1 Å². The molecule has 2 aromatic rings. The molecule has 1 aromatic heterocycles. The minimum absolute atomic E-state index is 0.0313. The van der Waals surface area contributed by atoms with Crippen molar-refractivity contribution in [3.05, 3.63) is 30.1 Å². The number of carbonyl (C=O) groups is 1. The van der Waals surface area contributed by atoms with Crippen molar-refractivity contribution in [1.29, 1.82) is 10.7 Å². The molecule has 6 nitrogen and oxygen atoms in total. The number of halogens is 1. The second kappa shape index (κ2) is 7.80. The standard InChI is InChI=1S/C14H12FN5OS2/c1-8(17)11(6-16)12(21)7-22-14-20-19-13(23-14)18-10-4-2-3-9(15)5-10/h2-5,11,17H,7H2,1H3,(H,18,19). The molecule has 0 fully saturated rings. The molecule has 1 heterocycles. The van der Waals surface area contributed by atoms with Crippen LogP contribution in [0.1, 0.15) is 6.92 Å². The van der Waals surface area contributed by atoms with Crippen molar-refractivity contribution in [3.63, 3.8) is 0 Å². The number of hydrogen-bond donors (Lipinski definition) is 2. The lowest BCUT2D eigenvalue weighted by molar-refractivity contribution is -0.117. The number of ketones is 1. The van der Waals surface area contributed by atoms with Crippen molar-refractivity contribution in [2.24, 2.45) is 5.92 Å². The van der Waals surface area contributed by atoms with Gasteiger partial charge in [0.2, 0.25) is 5.13 Å². The van der Waals surface area contributed by atoms with Crippen LogP contribution in [0.25, 0.3) is 0 Å². The van der Waals surface area contributed by atoms with Gasteiger partial charge in [0.05, 0.1) is 11.8 Å². The van der Waals surface area contributed by atoms with Crippen molar-refractivity contribution in [1.82, 2.24) is 10.2 Å². The minimum atomic E-state index is -1.01. The molecule has 0 amide bonds. The van der Waals surface area contributed by atoms with Gasteiger partial charge in [-0.25, -0.2) is 4.39 Å². The third kappa shape index (κ3) is 4.84. The Kier molecular flexibility index (Phi) is 5.78. The Morgan fingerprint density at radius 3 is 3.00 bits per heavy atom. The van der Waals surface area contributed by atoms with Crippen LogP contribution in [0, 0.1) is 28.5 Å². The number of nitrogens with one attached hydrogen (secondary N) is 2. The average molecular weight is 349 g/mol. The molecule has 1 aromatic carbocycles. The van der Waals surface area contributed by atoms with Crippen LogP contribution in [-0.2, 0) is 4.79 Å². The lowest BCUT2D eigenvalue weighted by atomic mass is 10.0. The van der Waals surface area contributed by atoms with E-state index in [-0.39, 0.29) is 23.1 Å². The second-order valence-electron chi connectivity index (χ2n) is 4.51. The zero-order chi connectivity index (χ0) is 16.8. The van der Waals surface area contributed by atoms with E-state index >= 15 is 0 Å². The monoisotopic (exact) mass is 349 g/mol. The maximum absolute atomic E-state index is 13.1. The van der Waals surface area contributed by atoms with Gasteiger partial charge in [-0.2, -0.15) is 5.26 Å². The molecule has 0 aliphatic heterocycles. The minimum Gasteiger partial charge on any atom is -0.330 e. The molecule has 2 rings (SSSR count). The highest BCUT2D eigenvalue weighted by Gasteiger charge is 2.20. The predicted octanol–water partition coefficient (Wildman–Crippen LogP) is 3.26. The summed E-state index contributed by atoms with van der Waals surface area (Å²) in [5.41, 5.74) is 0.585. The van der Waals surface area contributed by atoms with E-state index in [9.17, 15) is 9.18 Å². The third-order valence-electron chi connectivity index (χ3n) is 2.70. The zero-order valence-electron chi connectivity index (χ0n) is 12.0. The quantitative estimate of drug-likeness (QED) is 0.587. The molecule has 1 unspecified atom stereocenters. The molecular weight excluding hydrogens is 337 g/mol. The molecule has 23 heavy (non-hydrogen) atoms. The van der Waals surface area contributed by atoms with Crippen LogP contribution < -0.4 is 5.32 Å². The summed E-state index contributed by atoms with van der Waals surface area (Å²) < 4.78 is 13.7. The molecule has 0 bridgehead atoms. The van der Waals surface area contributed by atoms with Crippen LogP contribution in [0.15, 0.2) is 28.6 Å². The Morgan fingerprint density at radius 1 is 1.57 bits per heavy atom. The van der Waals surface area contributed by atoms with E-state index in [1.54, 1.807) is 12.1 Å². The van der Waals surface area contributed by atoms with Crippen molar-refractivity contribution in [2.75, 3.05) is 11.1 Å². The van der Waals surface area contributed by atoms with E-state index in [1.807, 2.05) is 6.07 Å². The van der Waals surface area contributed by atoms with Crippen LogP contribution in [0.3, 0.4) is 0 Å². The SMILES string of the molecule is CC(=N)C(C#N)C(=O)CSc1nnc(Nc2cccc(F)c2)s1. The Morgan fingerprint density at radius 2 is 2.35 bits per heavy atom. The summed E-state index contributed by atoms with van der Waals surface area (Å²) in [5, 5.41) is 27.5. The Bertz CT molecular complexity index is 771. The number of aromatic nitrogens is 2. The normalized spacial score (nSPS) is 11.5. The molecule has 118 valence electrons. The van der Waals surface area contributed by atoms with E-state index in [0.717, 1.165) is 11.8 Å². The van der Waals surface area contributed by atoms with Crippen molar-refractivity contribution in [2.45, 2.75) is 11.3 Å². The number of thioether (sulfide) groups is 1. The zero-order valence-corrected chi connectivity index (χ0v) is 13.7. The van der Waals surface area contributed by atoms with E-state index in [4.69, 9.17) is 10.7 Å². The average Bonchev–Trinajstić information content (AvgIpc) is 2.93. The number of rotatable bonds is 7. The molecular formula is C14H12FN5OS2. The Hall–Kier alpha value is -2.31. The summed E-state index contributed by atoms with van der Waals surface area (Å²) >= 11 is 2.38. The van der Waals surface area contributed by atoms with Gasteiger partial charge in [0, 0.05) is 11.4 Å². The van der Waals surface area contributed by atoms with Gasteiger partial charge in [-0.3, -0.25) is 4.79 Å². The highest BCUT2D eigenvalue weighted by molar-refractivity contribution is 8.01. The van der Waals surface area contributed by atoms with Gasteiger partial charge in [-0.1, -0.05) is 29.2 Å². The number of benzene rings is 1. The molecule has 1 atom stereocenters. The molecule has 9 heteroatoms. The highest BCUT2D eigenvalue weighted by atomic mass is 32.2. The summed E-state index contributed by atoms with van der Waals surface area (Å²) in [6, 6.07) is 7.77. The number of anilines is 2. The number of carbonyl (C=O) groups excluding carboxylic acids is 1. The predicted molar refractivity (Wildman–Crippen MR) is 87.8 cm³/mol. The van der Waals surface area contributed by atoms with Crippen LogP contribution in [0.4, 0.5) is 15.2 Å². The topological polar surface area (TPSA) is 103 Å². The molecule has 0 radical (unpaired) electrons. The first-order valence-corrected chi connectivity index (χ1v) is 8.26. The van der Waals surface area contributed by atoms with Gasteiger partial charge in [0.25, 0.3) is 0 Å². The largest absolute Gasteiger partial charge is 0.330 e. The molecule has 0 saturated carbocycles. The first-order chi connectivity index (χ1) is 11.0. The smallest absolute Gasteiger partial charge is 0.210 e. The van der Waals surface area contributed by atoms with Crippen LogP contribution in [0.2, 0.25) is 0 Å². The molecule has 0 aliphatic rings. The lowest BCUT2D eigenvalue weighted by Gasteiger charge is -2.04. The fourth-order valence-electron chi connectivity index (χ4n) is 1.63. The van der Waals surface area contributed by atoms with Gasteiger partial charge >= 0.3 is 0 Å². The fraction of sp³-hybridized carbons (Fsp3) is 0.214. The number of hydrogen-bond acceptors (Lipinski definition) is 8. The van der Waals surface area contributed by atoms with Crippen LogP contribution >= 0.6 is 23.1 Å². The fourth-order valence-corrected chi connectivity index (χ4v) is 3.31. The summed E-state index contributed by atoms with van der Waals surface area (Å²) in [4.78, 5) is 11.8. The van der Waals surface area contributed by atoms with Crippen molar-refractivity contribution in [3.8, 4) is 6.07 Å². The third-order valence-corrected chi connectivity index (χ3v) is 4.70. The molecule has 0 saturated heterocycles. The van der Waals surface area contributed by atoms with E-state index in [2.05, 4.69) is 15.5 Å². The summed E-state index contributed by atoms with van der Waals surface area (Å²) in [7, 11) is 0. The number of nitrogens with zero attached hydrogens (tertiary/aromatic N) is 3. The second-order valence-corrected chi connectivity index (χ2v) is 6.71. The molecule has 0 spiro atoms. The highest BCUT2D eigenvalue weighted by Crippen LogP contribution is 2.28. The Labute approximate surface area is 140 Å². The molecule has 2 N–H and O–H groups in total. The number of nitriles is 1. The van der Waals surface area contributed by atoms with Crippen molar-refractivity contribution >= 4 is 45.4 Å². The van der Waals surface area contributed by atoms with E-state index in [1.165, 1.54) is 30.4 Å². The maximum atomic E-state index is 13.1. The Balaban J connectivity index is 1.94. The van der Waals surface area contributed by atoms with Gasteiger partial charge in [-0.05, 0) is 25.1 Å².